The lowest BCUT2D eigenvalue weighted by Gasteiger charge is -2.18. The summed E-state index contributed by atoms with van der Waals surface area (Å²) in [6.45, 7) is 13.8. The maximum atomic E-state index is 12.2. The molecule has 0 bridgehead atoms. The highest BCUT2D eigenvalue weighted by Gasteiger charge is 2.24. The molecule has 0 saturated carbocycles. The van der Waals surface area contributed by atoms with E-state index in [1.165, 1.54) is 0 Å². The topological polar surface area (TPSA) is 68.7 Å². The zero-order valence-electron chi connectivity index (χ0n) is 19.8. The summed E-state index contributed by atoms with van der Waals surface area (Å²) >= 11 is 0. The van der Waals surface area contributed by atoms with Gasteiger partial charge in [0.2, 0.25) is 0 Å². The van der Waals surface area contributed by atoms with Crippen molar-refractivity contribution in [1.82, 2.24) is 4.98 Å². The van der Waals surface area contributed by atoms with E-state index in [1.54, 1.807) is 20.2 Å². The molecular formula is C26H37NO4. The second-order valence-corrected chi connectivity index (χ2v) is 8.05. The van der Waals surface area contributed by atoms with Gasteiger partial charge in [0.05, 0.1) is 18.2 Å². The van der Waals surface area contributed by atoms with Crippen molar-refractivity contribution in [3.63, 3.8) is 0 Å². The highest BCUT2D eigenvalue weighted by molar-refractivity contribution is 5.73. The molecule has 1 heterocycles. The van der Waals surface area contributed by atoms with Crippen molar-refractivity contribution in [2.24, 2.45) is 23.7 Å². The number of carbonyl (C=O) groups excluding carboxylic acids is 1. The molecule has 2 unspecified atom stereocenters. The molecule has 0 aliphatic rings. The minimum Gasteiger partial charge on any atom is -0.506 e. The molecule has 0 radical (unpaired) electrons. The summed E-state index contributed by atoms with van der Waals surface area (Å²) in [7, 11) is 1.55. The molecule has 0 spiro atoms. The zero-order valence-corrected chi connectivity index (χ0v) is 19.8. The molecule has 0 aliphatic heterocycles. The van der Waals surface area contributed by atoms with Gasteiger partial charge < -0.3 is 14.6 Å². The van der Waals surface area contributed by atoms with E-state index in [2.05, 4.69) is 37.3 Å². The lowest BCUT2D eigenvalue weighted by Crippen LogP contribution is -2.22. The monoisotopic (exact) mass is 427 g/mol. The molecule has 0 aromatic carbocycles. The summed E-state index contributed by atoms with van der Waals surface area (Å²) in [5.41, 5.74) is 1.69. The van der Waals surface area contributed by atoms with Gasteiger partial charge in [0, 0.05) is 37.3 Å². The van der Waals surface area contributed by atoms with Crippen LogP contribution in [-0.2, 0) is 27.5 Å². The summed E-state index contributed by atoms with van der Waals surface area (Å²) in [5.74, 6) is 5.67. The highest BCUT2D eigenvalue weighted by Crippen LogP contribution is 2.26. The predicted molar refractivity (Wildman–Crippen MR) is 125 cm³/mol. The smallest absolute Gasteiger partial charge is 0.310 e. The molecule has 31 heavy (non-hydrogen) atoms. The molecule has 5 heteroatoms. The third-order valence-electron chi connectivity index (χ3n) is 5.05. The zero-order chi connectivity index (χ0) is 24.0. The van der Waals surface area contributed by atoms with Crippen molar-refractivity contribution in [3.05, 3.63) is 35.7 Å². The minimum atomic E-state index is -0.356. The van der Waals surface area contributed by atoms with Gasteiger partial charge >= 0.3 is 5.97 Å². The number of aryl methyl sites for hydroxylation is 1. The van der Waals surface area contributed by atoms with Crippen LogP contribution in [0.15, 0.2) is 18.9 Å². The van der Waals surface area contributed by atoms with E-state index in [9.17, 15) is 9.90 Å². The number of hydrogen-bond acceptors (Lipinski definition) is 5. The van der Waals surface area contributed by atoms with Gasteiger partial charge in [-0.25, -0.2) is 0 Å². The Morgan fingerprint density at radius 1 is 1.19 bits per heavy atom. The van der Waals surface area contributed by atoms with E-state index in [0.717, 1.165) is 6.42 Å². The fraction of sp³-hybridized carbons (Fsp3) is 0.538. The Kier molecular flexibility index (Phi) is 13.8. The summed E-state index contributed by atoms with van der Waals surface area (Å²) in [6, 6.07) is 0. The average molecular weight is 428 g/mol. The molecule has 2 atom stereocenters. The fourth-order valence-electron chi connectivity index (χ4n) is 2.82. The third kappa shape index (κ3) is 9.73. The Labute approximate surface area is 188 Å². The van der Waals surface area contributed by atoms with E-state index in [4.69, 9.17) is 22.3 Å². The summed E-state index contributed by atoms with van der Waals surface area (Å²) in [6.07, 6.45) is 15.1. The van der Waals surface area contributed by atoms with Gasteiger partial charge in [-0.3, -0.25) is 9.78 Å². The molecule has 1 rings (SSSR count). The van der Waals surface area contributed by atoms with Gasteiger partial charge in [0.15, 0.2) is 0 Å². The number of rotatable bonds is 10. The molecule has 1 aromatic rings. The minimum absolute atomic E-state index is 0.0273. The van der Waals surface area contributed by atoms with E-state index in [1.807, 2.05) is 19.9 Å². The number of hydrogen-bond donors (Lipinski definition) is 1. The standard InChI is InChI=1S/C17H23NO4.C9H14/c1-6-7-14(11(2)3)17(20)22-10-15-13(9-21-5)8-18-12(4)16(15)19;1-5-7-9(6-2)8(3)4/h1,8,11,14,19H,7,9-10H2,2-5H3;1,6,8-9H,2,7H2,3-4H3. The molecule has 0 amide bonds. The highest BCUT2D eigenvalue weighted by atomic mass is 16.5. The molecule has 1 aromatic heterocycles. The Morgan fingerprint density at radius 2 is 1.81 bits per heavy atom. The first-order chi connectivity index (χ1) is 14.6. The van der Waals surface area contributed by atoms with Crippen LogP contribution in [0.4, 0.5) is 0 Å². The maximum absolute atomic E-state index is 12.2. The normalized spacial score (nSPS) is 12.2. The third-order valence-corrected chi connectivity index (χ3v) is 5.05. The quantitative estimate of drug-likeness (QED) is 0.321. The Morgan fingerprint density at radius 3 is 2.23 bits per heavy atom. The van der Waals surface area contributed by atoms with Crippen molar-refractivity contribution >= 4 is 5.97 Å². The van der Waals surface area contributed by atoms with E-state index in [-0.39, 0.29) is 36.8 Å². The van der Waals surface area contributed by atoms with Crippen molar-refractivity contribution in [3.8, 4) is 30.4 Å². The van der Waals surface area contributed by atoms with Crippen LogP contribution in [0.25, 0.3) is 0 Å². The number of pyridine rings is 1. The largest absolute Gasteiger partial charge is 0.506 e. The van der Waals surface area contributed by atoms with Crippen molar-refractivity contribution in [2.45, 2.75) is 60.7 Å². The number of ether oxygens (including phenoxy) is 2. The van der Waals surface area contributed by atoms with E-state index in [0.29, 0.717) is 35.1 Å². The molecular weight excluding hydrogens is 390 g/mol. The lowest BCUT2D eigenvalue weighted by molar-refractivity contribution is -0.151. The first kappa shape index (κ1) is 28.2. The van der Waals surface area contributed by atoms with Crippen LogP contribution in [0.3, 0.4) is 0 Å². The van der Waals surface area contributed by atoms with E-state index >= 15 is 0 Å². The van der Waals surface area contributed by atoms with E-state index < -0.39 is 0 Å². The van der Waals surface area contributed by atoms with Crippen LogP contribution in [0, 0.1) is 55.3 Å². The maximum Gasteiger partial charge on any atom is 0.310 e. The fourth-order valence-corrected chi connectivity index (χ4v) is 2.82. The Bertz CT molecular complexity index is 784. The Balaban J connectivity index is 0.000000842. The van der Waals surface area contributed by atoms with Crippen LogP contribution < -0.4 is 0 Å². The molecule has 0 fully saturated rings. The summed E-state index contributed by atoms with van der Waals surface area (Å²) in [5, 5.41) is 10.1. The number of carbonyl (C=O) groups is 1. The SMILES string of the molecule is C#CCC(C(=O)OCc1c(COC)cnc(C)c1O)C(C)C.C#CCC(C=C)C(C)C. The molecule has 0 aliphatic carbocycles. The number of terminal acetylenes is 2. The number of aromatic nitrogens is 1. The number of methoxy groups -OCH3 is 1. The number of aromatic hydroxyl groups is 1. The lowest BCUT2D eigenvalue weighted by atomic mass is 9.93. The van der Waals surface area contributed by atoms with Crippen molar-refractivity contribution in [1.29, 1.82) is 0 Å². The second kappa shape index (κ2) is 15.1. The molecule has 170 valence electrons. The van der Waals surface area contributed by atoms with Gasteiger partial charge in [-0.1, -0.05) is 33.8 Å². The van der Waals surface area contributed by atoms with Crippen LogP contribution in [0.1, 0.15) is 57.4 Å². The van der Waals surface area contributed by atoms with Crippen molar-refractivity contribution in [2.75, 3.05) is 7.11 Å². The predicted octanol–water partition coefficient (Wildman–Crippen LogP) is 5.05. The Hall–Kier alpha value is -2.76. The van der Waals surface area contributed by atoms with Gasteiger partial charge in [-0.15, -0.1) is 31.3 Å². The van der Waals surface area contributed by atoms with Crippen LogP contribution >= 0.6 is 0 Å². The number of esters is 1. The average Bonchev–Trinajstić information content (AvgIpc) is 2.72. The van der Waals surface area contributed by atoms with Gasteiger partial charge in [-0.2, -0.15) is 0 Å². The second-order valence-electron chi connectivity index (χ2n) is 8.05. The van der Waals surface area contributed by atoms with Crippen molar-refractivity contribution < 1.29 is 19.4 Å². The first-order valence-corrected chi connectivity index (χ1v) is 10.5. The van der Waals surface area contributed by atoms with Crippen LogP contribution in [0.5, 0.6) is 5.75 Å². The molecule has 0 saturated heterocycles. The first-order valence-electron chi connectivity index (χ1n) is 10.5. The van der Waals surface area contributed by atoms with Gasteiger partial charge in [0.1, 0.15) is 12.4 Å². The van der Waals surface area contributed by atoms with Crippen LogP contribution in [-0.4, -0.2) is 23.2 Å². The van der Waals surface area contributed by atoms with Gasteiger partial charge in [0.25, 0.3) is 0 Å². The van der Waals surface area contributed by atoms with Crippen LogP contribution in [0.2, 0.25) is 0 Å². The molecule has 1 N–H and O–H groups in total. The number of nitrogens with zero attached hydrogens (tertiary/aromatic N) is 1. The van der Waals surface area contributed by atoms with Gasteiger partial charge in [-0.05, 0) is 24.7 Å². The number of allylic oxidation sites excluding steroid dienone is 1. The summed E-state index contributed by atoms with van der Waals surface area (Å²) in [4.78, 5) is 16.2. The summed E-state index contributed by atoms with van der Waals surface area (Å²) < 4.78 is 10.4. The molecule has 5 nitrogen and oxygen atoms in total.